The molecular weight excluding hydrogens is 342 g/mol. The van der Waals surface area contributed by atoms with Crippen molar-refractivity contribution >= 4 is 23.2 Å². The van der Waals surface area contributed by atoms with Crippen LogP contribution < -0.4 is 0 Å². The van der Waals surface area contributed by atoms with Gasteiger partial charge in [0.2, 0.25) is 0 Å². The Kier molecular flexibility index (Phi) is 4.67. The maximum atomic E-state index is 12.7. The summed E-state index contributed by atoms with van der Waals surface area (Å²) in [6.45, 7) is 1.62. The van der Waals surface area contributed by atoms with E-state index in [1.165, 1.54) is 18.2 Å². The van der Waals surface area contributed by atoms with Crippen molar-refractivity contribution in [2.45, 2.75) is 13.3 Å². The number of nitrogens with zero attached hydrogens (tertiary/aromatic N) is 1. The summed E-state index contributed by atoms with van der Waals surface area (Å²) in [5, 5.41) is 14.1. The van der Waals surface area contributed by atoms with E-state index in [4.69, 9.17) is 16.1 Å². The number of phenolic OH excluding ortho intramolecular Hbond substituents is 1. The first-order valence-electron chi connectivity index (χ1n) is 7.54. The molecule has 1 heterocycles. The summed E-state index contributed by atoms with van der Waals surface area (Å²) < 4.78 is 5.15. The molecule has 6 heteroatoms. The van der Waals surface area contributed by atoms with E-state index in [9.17, 15) is 14.7 Å². The maximum absolute atomic E-state index is 12.7. The lowest BCUT2D eigenvalue weighted by Crippen LogP contribution is -2.10. The fourth-order valence-corrected chi connectivity index (χ4v) is 2.73. The smallest absolute Gasteiger partial charge is 0.176 e. The van der Waals surface area contributed by atoms with E-state index in [1.807, 2.05) is 18.2 Å². The van der Waals surface area contributed by atoms with Crippen LogP contribution in [-0.4, -0.2) is 21.8 Å². The average molecular weight is 356 g/mol. The molecule has 0 amide bonds. The van der Waals surface area contributed by atoms with Crippen LogP contribution in [0, 0.1) is 6.92 Å². The van der Waals surface area contributed by atoms with Crippen molar-refractivity contribution in [3.8, 4) is 17.0 Å². The third-order valence-electron chi connectivity index (χ3n) is 3.77. The summed E-state index contributed by atoms with van der Waals surface area (Å²) in [5.74, 6) is -0.828. The van der Waals surface area contributed by atoms with Crippen LogP contribution in [0.15, 0.2) is 53.1 Å². The molecule has 5 nitrogen and oxygen atoms in total. The number of aromatic hydroxyl groups is 1. The minimum Gasteiger partial charge on any atom is -0.507 e. The number of ketones is 2. The first-order chi connectivity index (χ1) is 12.0. The third-order valence-corrected chi connectivity index (χ3v) is 4.00. The number of aromatic nitrogens is 1. The summed E-state index contributed by atoms with van der Waals surface area (Å²) in [7, 11) is 0. The minimum atomic E-state index is -0.524. The SMILES string of the molecule is Cc1onc(-c2ccccc2)c1C(=O)CC(=O)c1cc(Cl)ccc1O. The summed E-state index contributed by atoms with van der Waals surface area (Å²) in [5.41, 5.74) is 1.39. The van der Waals surface area contributed by atoms with E-state index < -0.39 is 18.0 Å². The summed E-state index contributed by atoms with van der Waals surface area (Å²) in [6, 6.07) is 13.2. The van der Waals surface area contributed by atoms with Gasteiger partial charge in [0, 0.05) is 10.6 Å². The van der Waals surface area contributed by atoms with Crippen LogP contribution in [0.2, 0.25) is 5.02 Å². The summed E-state index contributed by atoms with van der Waals surface area (Å²) in [6.07, 6.45) is -0.421. The Bertz CT molecular complexity index is 947. The van der Waals surface area contributed by atoms with Gasteiger partial charge in [0.1, 0.15) is 17.2 Å². The standard InChI is InChI=1S/C19H14ClNO4/c1-11-18(19(21-25-11)12-5-3-2-4-6-12)17(24)10-16(23)14-9-13(20)7-8-15(14)22/h2-9,22H,10H2,1H3. The van der Waals surface area contributed by atoms with Crippen LogP contribution in [0.3, 0.4) is 0 Å². The Morgan fingerprint density at radius 2 is 1.84 bits per heavy atom. The van der Waals surface area contributed by atoms with Gasteiger partial charge in [-0.25, -0.2) is 0 Å². The number of halogens is 1. The number of Topliss-reactive ketones (excluding diaryl/α,β-unsaturated/α-hetero) is 2. The zero-order chi connectivity index (χ0) is 18.0. The zero-order valence-corrected chi connectivity index (χ0v) is 14.1. The molecule has 3 rings (SSSR count). The topological polar surface area (TPSA) is 80.4 Å². The Morgan fingerprint density at radius 3 is 2.56 bits per heavy atom. The molecule has 1 aromatic heterocycles. The predicted molar refractivity (Wildman–Crippen MR) is 93.1 cm³/mol. The van der Waals surface area contributed by atoms with Gasteiger partial charge >= 0.3 is 0 Å². The summed E-state index contributed by atoms with van der Waals surface area (Å²) in [4.78, 5) is 25.1. The van der Waals surface area contributed by atoms with Crippen molar-refractivity contribution in [2.75, 3.05) is 0 Å². The highest BCUT2D eigenvalue weighted by atomic mass is 35.5. The first kappa shape index (κ1) is 16.9. The number of carbonyl (C=O) groups is 2. The second kappa shape index (κ2) is 6.91. The van der Waals surface area contributed by atoms with E-state index in [1.54, 1.807) is 19.1 Å². The molecule has 0 saturated heterocycles. The molecule has 0 aliphatic rings. The van der Waals surface area contributed by atoms with E-state index in [0.717, 1.165) is 5.56 Å². The lowest BCUT2D eigenvalue weighted by Gasteiger charge is -2.05. The van der Waals surface area contributed by atoms with Gasteiger partial charge in [-0.15, -0.1) is 0 Å². The van der Waals surface area contributed by atoms with Crippen LogP contribution >= 0.6 is 11.6 Å². The highest BCUT2D eigenvalue weighted by Crippen LogP contribution is 2.28. The van der Waals surface area contributed by atoms with Gasteiger partial charge in [-0.05, 0) is 25.1 Å². The Morgan fingerprint density at radius 1 is 1.12 bits per heavy atom. The van der Waals surface area contributed by atoms with Crippen molar-refractivity contribution in [3.63, 3.8) is 0 Å². The van der Waals surface area contributed by atoms with Gasteiger partial charge in [0.15, 0.2) is 11.6 Å². The number of hydrogen-bond donors (Lipinski definition) is 1. The molecule has 0 saturated carbocycles. The fraction of sp³-hybridized carbons (Fsp3) is 0.105. The monoisotopic (exact) mass is 355 g/mol. The van der Waals surface area contributed by atoms with E-state index in [0.29, 0.717) is 16.5 Å². The molecule has 0 spiro atoms. The number of benzene rings is 2. The van der Waals surface area contributed by atoms with Crippen LogP contribution in [-0.2, 0) is 0 Å². The Labute approximate surface area is 148 Å². The van der Waals surface area contributed by atoms with Gasteiger partial charge in [0.05, 0.1) is 17.5 Å². The van der Waals surface area contributed by atoms with Crippen molar-refractivity contribution < 1.29 is 19.2 Å². The minimum absolute atomic E-state index is 0.0104. The van der Waals surface area contributed by atoms with E-state index >= 15 is 0 Å². The van der Waals surface area contributed by atoms with Gasteiger partial charge < -0.3 is 9.63 Å². The highest BCUT2D eigenvalue weighted by molar-refractivity contribution is 6.31. The molecule has 1 N–H and O–H groups in total. The van der Waals surface area contributed by atoms with Gasteiger partial charge in [0.25, 0.3) is 0 Å². The third kappa shape index (κ3) is 3.46. The van der Waals surface area contributed by atoms with Crippen LogP contribution in [0.25, 0.3) is 11.3 Å². The molecule has 0 unspecified atom stereocenters. The van der Waals surface area contributed by atoms with Crippen molar-refractivity contribution in [2.24, 2.45) is 0 Å². The molecule has 0 atom stereocenters. The number of hydrogen-bond acceptors (Lipinski definition) is 5. The Balaban J connectivity index is 1.91. The summed E-state index contributed by atoms with van der Waals surface area (Å²) >= 11 is 5.85. The molecule has 0 radical (unpaired) electrons. The zero-order valence-electron chi connectivity index (χ0n) is 13.3. The second-order valence-corrected chi connectivity index (χ2v) is 5.95. The van der Waals surface area contributed by atoms with Crippen molar-refractivity contribution in [1.29, 1.82) is 0 Å². The van der Waals surface area contributed by atoms with Gasteiger partial charge in [-0.1, -0.05) is 47.1 Å². The fourth-order valence-electron chi connectivity index (χ4n) is 2.55. The predicted octanol–water partition coefficient (Wildman–Crippen LogP) is 4.46. The van der Waals surface area contributed by atoms with Crippen molar-refractivity contribution in [3.05, 3.63) is 70.4 Å². The van der Waals surface area contributed by atoms with Gasteiger partial charge in [-0.2, -0.15) is 0 Å². The quantitative estimate of drug-likeness (QED) is 0.539. The van der Waals surface area contributed by atoms with Gasteiger partial charge in [-0.3, -0.25) is 9.59 Å². The lowest BCUT2D eigenvalue weighted by molar-refractivity contribution is 0.0892. The largest absolute Gasteiger partial charge is 0.507 e. The maximum Gasteiger partial charge on any atom is 0.176 e. The van der Waals surface area contributed by atoms with Crippen molar-refractivity contribution in [1.82, 2.24) is 5.16 Å². The molecule has 0 fully saturated rings. The average Bonchev–Trinajstić information content (AvgIpc) is 2.99. The molecule has 126 valence electrons. The van der Waals surface area contributed by atoms with Crippen LogP contribution in [0.1, 0.15) is 32.9 Å². The first-order valence-corrected chi connectivity index (χ1v) is 7.91. The molecule has 0 aliphatic carbocycles. The highest BCUT2D eigenvalue weighted by Gasteiger charge is 2.24. The molecule has 3 aromatic rings. The molecule has 0 aliphatic heterocycles. The number of carbonyl (C=O) groups excluding carboxylic acids is 2. The van der Waals surface area contributed by atoms with E-state index in [-0.39, 0.29) is 16.9 Å². The Hall–Kier alpha value is -2.92. The molecule has 25 heavy (non-hydrogen) atoms. The number of phenols is 1. The molecule has 2 aromatic carbocycles. The lowest BCUT2D eigenvalue weighted by atomic mass is 9.97. The number of rotatable bonds is 5. The van der Waals surface area contributed by atoms with Crippen LogP contribution in [0.4, 0.5) is 0 Å². The van der Waals surface area contributed by atoms with Crippen LogP contribution in [0.5, 0.6) is 5.75 Å². The normalized spacial score (nSPS) is 10.6. The van der Waals surface area contributed by atoms with E-state index in [2.05, 4.69) is 5.16 Å². The molecule has 0 bridgehead atoms. The second-order valence-electron chi connectivity index (χ2n) is 5.51. The number of aryl methyl sites for hydroxylation is 1. The molecular formula is C19H14ClNO4.